The molecule has 5 heteroatoms. The highest BCUT2D eigenvalue weighted by molar-refractivity contribution is 5.92. The van der Waals surface area contributed by atoms with Gasteiger partial charge in [-0.2, -0.15) is 0 Å². The average Bonchev–Trinajstić information content (AvgIpc) is 2.28. The molecule has 0 bridgehead atoms. The zero-order valence-corrected chi connectivity index (χ0v) is 10.4. The van der Waals surface area contributed by atoms with Crippen molar-refractivity contribution in [3.05, 3.63) is 35.4 Å². The number of hydrogen-bond acceptors (Lipinski definition) is 3. The first-order valence-corrected chi connectivity index (χ1v) is 5.85. The molecule has 0 aliphatic rings. The molecule has 1 amide bonds. The van der Waals surface area contributed by atoms with E-state index >= 15 is 0 Å². The molecule has 98 valence electrons. The summed E-state index contributed by atoms with van der Waals surface area (Å²) in [7, 11) is 0. The van der Waals surface area contributed by atoms with Gasteiger partial charge in [-0.25, -0.2) is 0 Å². The largest absolute Gasteiger partial charge is 0.480 e. The number of amides is 1. The Hall–Kier alpha value is -1.88. The van der Waals surface area contributed by atoms with E-state index in [1.54, 1.807) is 18.2 Å². The number of primary amides is 1. The third kappa shape index (κ3) is 4.55. The lowest BCUT2D eigenvalue weighted by Crippen LogP contribution is -2.30. The summed E-state index contributed by atoms with van der Waals surface area (Å²) in [4.78, 5) is 23.6. The van der Waals surface area contributed by atoms with Crippen LogP contribution in [0.4, 0.5) is 0 Å². The molecule has 3 N–H and O–H groups in total. The summed E-state index contributed by atoms with van der Waals surface area (Å²) in [6, 6.07) is 6.96. The minimum absolute atomic E-state index is 0.00532. The van der Waals surface area contributed by atoms with Crippen molar-refractivity contribution in [2.75, 3.05) is 13.1 Å². The first-order chi connectivity index (χ1) is 8.52. The predicted octanol–water partition coefficient (Wildman–Crippen LogP) is 1.08. The summed E-state index contributed by atoms with van der Waals surface area (Å²) in [5.74, 6) is -1.33. The Balaban J connectivity index is 2.76. The third-order valence-corrected chi connectivity index (χ3v) is 2.52. The van der Waals surface area contributed by atoms with Crippen LogP contribution in [0.15, 0.2) is 24.3 Å². The Morgan fingerprint density at radius 3 is 2.67 bits per heavy atom. The molecule has 5 nitrogen and oxygen atoms in total. The fourth-order valence-corrected chi connectivity index (χ4v) is 1.80. The van der Waals surface area contributed by atoms with Gasteiger partial charge >= 0.3 is 5.97 Å². The van der Waals surface area contributed by atoms with Gasteiger partial charge in [0.25, 0.3) is 0 Å². The summed E-state index contributed by atoms with van der Waals surface area (Å²) in [5, 5.41) is 8.82. The number of aliphatic carboxylic acids is 1. The van der Waals surface area contributed by atoms with Gasteiger partial charge < -0.3 is 10.8 Å². The van der Waals surface area contributed by atoms with Crippen molar-refractivity contribution in [3.8, 4) is 0 Å². The normalized spacial score (nSPS) is 10.6. The second-order valence-corrected chi connectivity index (χ2v) is 4.17. The molecule has 0 saturated carbocycles. The fraction of sp³-hybridized carbons (Fsp3) is 0.385. The van der Waals surface area contributed by atoms with Crippen LogP contribution in [0, 0.1) is 0 Å². The topological polar surface area (TPSA) is 83.6 Å². The Bertz CT molecular complexity index is 432. The summed E-state index contributed by atoms with van der Waals surface area (Å²) in [6.45, 7) is 3.19. The lowest BCUT2D eigenvalue weighted by atomic mass is 10.1. The van der Waals surface area contributed by atoms with E-state index in [1.807, 2.05) is 17.9 Å². The molecule has 1 rings (SSSR count). The summed E-state index contributed by atoms with van der Waals surface area (Å²) in [6.07, 6.45) is 0.878. The standard InChI is InChI=1S/C13H18N2O3/c1-2-6-15(9-12(16)17)8-10-4-3-5-11(7-10)13(14)18/h3-5,7H,2,6,8-9H2,1H3,(H2,14,18)(H,16,17). The van der Waals surface area contributed by atoms with E-state index in [0.29, 0.717) is 18.7 Å². The van der Waals surface area contributed by atoms with Crippen LogP contribution in [0.1, 0.15) is 29.3 Å². The number of carbonyl (C=O) groups is 2. The maximum atomic E-state index is 11.1. The zero-order chi connectivity index (χ0) is 13.5. The molecule has 0 aromatic heterocycles. The lowest BCUT2D eigenvalue weighted by molar-refractivity contribution is -0.138. The Morgan fingerprint density at radius 2 is 2.11 bits per heavy atom. The first kappa shape index (κ1) is 14.2. The van der Waals surface area contributed by atoms with Crippen LogP contribution in [0.5, 0.6) is 0 Å². The molecule has 1 aromatic rings. The number of carboxylic acids is 1. The highest BCUT2D eigenvalue weighted by atomic mass is 16.4. The SMILES string of the molecule is CCCN(CC(=O)O)Cc1cccc(C(N)=O)c1. The van der Waals surface area contributed by atoms with Crippen molar-refractivity contribution < 1.29 is 14.7 Å². The van der Waals surface area contributed by atoms with Crippen LogP contribution < -0.4 is 5.73 Å². The van der Waals surface area contributed by atoms with E-state index in [2.05, 4.69) is 0 Å². The molecule has 0 saturated heterocycles. The van der Waals surface area contributed by atoms with Gasteiger partial charge in [-0.1, -0.05) is 19.1 Å². The number of nitrogens with two attached hydrogens (primary N) is 1. The van der Waals surface area contributed by atoms with Crippen molar-refractivity contribution >= 4 is 11.9 Å². The second kappa shape index (κ2) is 6.76. The highest BCUT2D eigenvalue weighted by Crippen LogP contribution is 2.08. The maximum Gasteiger partial charge on any atom is 0.317 e. The lowest BCUT2D eigenvalue weighted by Gasteiger charge is -2.19. The molecule has 1 aromatic carbocycles. The minimum atomic E-state index is -0.852. The predicted molar refractivity (Wildman–Crippen MR) is 68.2 cm³/mol. The highest BCUT2D eigenvalue weighted by Gasteiger charge is 2.10. The average molecular weight is 250 g/mol. The van der Waals surface area contributed by atoms with Crippen LogP contribution in [0.25, 0.3) is 0 Å². The third-order valence-electron chi connectivity index (χ3n) is 2.52. The van der Waals surface area contributed by atoms with E-state index in [1.165, 1.54) is 0 Å². The van der Waals surface area contributed by atoms with Gasteiger partial charge in [0.1, 0.15) is 0 Å². The quantitative estimate of drug-likeness (QED) is 0.758. The maximum absolute atomic E-state index is 11.1. The molecular formula is C13H18N2O3. The van der Waals surface area contributed by atoms with Gasteiger partial charge in [0, 0.05) is 12.1 Å². The Morgan fingerprint density at radius 1 is 1.39 bits per heavy atom. The van der Waals surface area contributed by atoms with Gasteiger partial charge in [-0.3, -0.25) is 14.5 Å². The molecule has 0 aliphatic carbocycles. The van der Waals surface area contributed by atoms with E-state index in [-0.39, 0.29) is 6.54 Å². The van der Waals surface area contributed by atoms with Crippen LogP contribution in [-0.4, -0.2) is 35.0 Å². The summed E-state index contributed by atoms with van der Waals surface area (Å²) < 4.78 is 0. The number of hydrogen-bond donors (Lipinski definition) is 2. The number of rotatable bonds is 7. The number of carbonyl (C=O) groups excluding carboxylic acids is 1. The zero-order valence-electron chi connectivity index (χ0n) is 10.4. The smallest absolute Gasteiger partial charge is 0.317 e. The van der Waals surface area contributed by atoms with E-state index in [0.717, 1.165) is 12.0 Å². The molecular weight excluding hydrogens is 232 g/mol. The fourth-order valence-electron chi connectivity index (χ4n) is 1.80. The van der Waals surface area contributed by atoms with Crippen LogP contribution in [-0.2, 0) is 11.3 Å². The number of carboxylic acid groups (broad SMARTS) is 1. The minimum Gasteiger partial charge on any atom is -0.480 e. The van der Waals surface area contributed by atoms with Crippen LogP contribution >= 0.6 is 0 Å². The monoisotopic (exact) mass is 250 g/mol. The van der Waals surface area contributed by atoms with Gasteiger partial charge in [-0.15, -0.1) is 0 Å². The van der Waals surface area contributed by atoms with Gasteiger partial charge in [0.05, 0.1) is 6.54 Å². The van der Waals surface area contributed by atoms with Crippen molar-refractivity contribution in [1.29, 1.82) is 0 Å². The Kier molecular flexibility index (Phi) is 5.32. The van der Waals surface area contributed by atoms with Gasteiger partial charge in [0.15, 0.2) is 0 Å². The van der Waals surface area contributed by atoms with Crippen molar-refractivity contribution in [2.24, 2.45) is 5.73 Å². The first-order valence-electron chi connectivity index (χ1n) is 5.85. The van der Waals surface area contributed by atoms with Gasteiger partial charge in [0.2, 0.25) is 5.91 Å². The molecule has 0 radical (unpaired) electrons. The van der Waals surface area contributed by atoms with Crippen molar-refractivity contribution in [2.45, 2.75) is 19.9 Å². The van der Waals surface area contributed by atoms with Crippen LogP contribution in [0.3, 0.4) is 0 Å². The Labute approximate surface area is 106 Å². The number of benzene rings is 1. The van der Waals surface area contributed by atoms with Crippen LogP contribution in [0.2, 0.25) is 0 Å². The molecule has 0 aliphatic heterocycles. The van der Waals surface area contributed by atoms with E-state index in [4.69, 9.17) is 10.8 Å². The molecule has 0 spiro atoms. The molecule has 0 heterocycles. The summed E-state index contributed by atoms with van der Waals surface area (Å²) >= 11 is 0. The molecule has 0 unspecified atom stereocenters. The second-order valence-electron chi connectivity index (χ2n) is 4.17. The molecule has 18 heavy (non-hydrogen) atoms. The van der Waals surface area contributed by atoms with Crippen molar-refractivity contribution in [3.63, 3.8) is 0 Å². The van der Waals surface area contributed by atoms with Gasteiger partial charge in [-0.05, 0) is 30.7 Å². The van der Waals surface area contributed by atoms with E-state index in [9.17, 15) is 9.59 Å². The summed E-state index contributed by atoms with van der Waals surface area (Å²) in [5.41, 5.74) is 6.54. The molecule has 0 atom stereocenters. The van der Waals surface area contributed by atoms with Crippen molar-refractivity contribution in [1.82, 2.24) is 4.90 Å². The number of nitrogens with zero attached hydrogens (tertiary/aromatic N) is 1. The van der Waals surface area contributed by atoms with E-state index < -0.39 is 11.9 Å². The molecule has 0 fully saturated rings.